The molecule has 24 heavy (non-hydrogen) atoms. The molecule has 2 rings (SSSR count). The van der Waals surface area contributed by atoms with Crippen LogP contribution in [0.4, 0.5) is 4.79 Å². The van der Waals surface area contributed by atoms with E-state index in [0.717, 1.165) is 4.90 Å². The summed E-state index contributed by atoms with van der Waals surface area (Å²) in [5.74, 6) is -2.14. The lowest BCUT2D eigenvalue weighted by atomic mass is 10.1. The summed E-state index contributed by atoms with van der Waals surface area (Å²) in [6, 6.07) is 2.51. The quantitative estimate of drug-likeness (QED) is 0.330. The van der Waals surface area contributed by atoms with E-state index in [1.165, 1.54) is 13.1 Å². The summed E-state index contributed by atoms with van der Waals surface area (Å²) >= 11 is 3.94. The number of ether oxygens (including phenoxy) is 1. The van der Waals surface area contributed by atoms with E-state index in [1.807, 2.05) is 45.2 Å². The number of nitrogens with one attached hydrogen (secondary N) is 1. The summed E-state index contributed by atoms with van der Waals surface area (Å²) in [5.41, 5.74) is 0.385. The van der Waals surface area contributed by atoms with Gasteiger partial charge < -0.3 is 9.84 Å². The van der Waals surface area contributed by atoms with E-state index in [2.05, 4.69) is 5.32 Å². The highest BCUT2D eigenvalue weighted by Gasteiger charge is 2.33. The normalized spacial score (nSPS) is 16.4. The van der Waals surface area contributed by atoms with Crippen LogP contribution < -0.4 is 10.1 Å². The minimum atomic E-state index is -1.09. The molecule has 0 saturated carbocycles. The lowest BCUT2D eigenvalue weighted by Gasteiger charge is -2.22. The third-order valence-corrected chi connectivity index (χ3v) is 4.58. The van der Waals surface area contributed by atoms with Gasteiger partial charge in [-0.2, -0.15) is 0 Å². The average Bonchev–Trinajstić information content (AvgIpc) is 2.48. The molecule has 0 aromatic heterocycles. The second-order valence-electron chi connectivity index (χ2n) is 4.68. The fourth-order valence-corrected chi connectivity index (χ4v) is 3.97. The number of likely N-dealkylation sites (N-methyl/N-ethyl adjacent to an activating group) is 1. The first-order valence-corrected chi connectivity index (χ1v) is 8.55. The second kappa shape index (κ2) is 7.46. The van der Waals surface area contributed by atoms with Gasteiger partial charge in [-0.1, -0.05) is 0 Å². The zero-order valence-electron chi connectivity index (χ0n) is 12.1. The SMILES string of the molecule is CN1C(=O)NC(=O)C(=Cc2cc(I)c(OCC(=O)O)c(I)c2)C1=O. The van der Waals surface area contributed by atoms with Crippen molar-refractivity contribution in [2.24, 2.45) is 0 Å². The summed E-state index contributed by atoms with van der Waals surface area (Å²) in [5, 5.41) is 10.7. The number of halogens is 2. The Hall–Kier alpha value is -1.70. The number of hydrogen-bond acceptors (Lipinski definition) is 5. The molecule has 1 heterocycles. The standard InChI is InChI=1S/C14H10I2N2O6/c1-18-13(22)7(12(21)17-14(18)23)2-6-3-8(15)11(9(16)4-6)24-5-10(19)20/h2-4H,5H2,1H3,(H,19,20)(H,17,21,23). The Morgan fingerprint density at radius 2 is 1.88 bits per heavy atom. The van der Waals surface area contributed by atoms with Gasteiger partial charge in [-0.05, 0) is 69.0 Å². The smallest absolute Gasteiger partial charge is 0.341 e. The van der Waals surface area contributed by atoms with Crippen LogP contribution in [0.25, 0.3) is 6.08 Å². The van der Waals surface area contributed by atoms with Crippen molar-refractivity contribution in [1.82, 2.24) is 10.2 Å². The summed E-state index contributed by atoms with van der Waals surface area (Å²) < 4.78 is 6.46. The lowest BCUT2D eigenvalue weighted by Crippen LogP contribution is -2.52. The number of aliphatic carboxylic acids is 1. The Kier molecular flexibility index (Phi) is 5.79. The zero-order valence-corrected chi connectivity index (χ0v) is 16.4. The molecule has 0 atom stereocenters. The van der Waals surface area contributed by atoms with E-state index in [0.29, 0.717) is 18.5 Å². The molecule has 4 amide bonds. The monoisotopic (exact) mass is 556 g/mol. The summed E-state index contributed by atoms with van der Waals surface area (Å²) in [6.07, 6.45) is 1.37. The number of amides is 4. The van der Waals surface area contributed by atoms with Crippen LogP contribution in [0.1, 0.15) is 5.56 Å². The van der Waals surface area contributed by atoms with Crippen LogP contribution in [0.15, 0.2) is 17.7 Å². The number of carboxylic acid groups (broad SMARTS) is 1. The number of carboxylic acids is 1. The van der Waals surface area contributed by atoms with Gasteiger partial charge in [0.15, 0.2) is 6.61 Å². The van der Waals surface area contributed by atoms with E-state index in [4.69, 9.17) is 9.84 Å². The Balaban J connectivity index is 2.36. The van der Waals surface area contributed by atoms with Crippen LogP contribution in [0.5, 0.6) is 5.75 Å². The highest BCUT2D eigenvalue weighted by Crippen LogP contribution is 2.30. The van der Waals surface area contributed by atoms with Crippen molar-refractivity contribution in [3.8, 4) is 5.75 Å². The Morgan fingerprint density at radius 3 is 2.42 bits per heavy atom. The molecular formula is C14H10I2N2O6. The van der Waals surface area contributed by atoms with Gasteiger partial charge in [-0.25, -0.2) is 9.59 Å². The van der Waals surface area contributed by atoms with Gasteiger partial charge in [0.2, 0.25) is 0 Å². The summed E-state index contributed by atoms with van der Waals surface area (Å²) in [6.45, 7) is -0.472. The van der Waals surface area contributed by atoms with Crippen molar-refractivity contribution in [3.05, 3.63) is 30.4 Å². The molecule has 1 fully saturated rings. The third-order valence-electron chi connectivity index (χ3n) is 2.98. The largest absolute Gasteiger partial charge is 0.480 e. The molecule has 0 aliphatic carbocycles. The molecule has 10 heteroatoms. The molecule has 0 spiro atoms. The van der Waals surface area contributed by atoms with Crippen LogP contribution in [0.2, 0.25) is 0 Å². The van der Waals surface area contributed by atoms with Crippen LogP contribution in [0.3, 0.4) is 0 Å². The number of barbiturate groups is 1. The molecule has 0 bridgehead atoms. The van der Waals surface area contributed by atoms with E-state index in [9.17, 15) is 19.2 Å². The molecule has 1 aliphatic heterocycles. The van der Waals surface area contributed by atoms with E-state index < -0.39 is 30.4 Å². The van der Waals surface area contributed by atoms with Crippen LogP contribution >= 0.6 is 45.2 Å². The maximum absolute atomic E-state index is 12.0. The molecule has 126 valence electrons. The molecule has 0 radical (unpaired) electrons. The van der Waals surface area contributed by atoms with Gasteiger partial charge >= 0.3 is 12.0 Å². The summed E-state index contributed by atoms with van der Waals surface area (Å²) in [4.78, 5) is 46.7. The third kappa shape index (κ3) is 4.03. The van der Waals surface area contributed by atoms with Crippen molar-refractivity contribution in [2.45, 2.75) is 0 Å². The number of carbonyl (C=O) groups excluding carboxylic acids is 3. The van der Waals surface area contributed by atoms with Gasteiger partial charge in [0.25, 0.3) is 11.8 Å². The summed E-state index contributed by atoms with van der Waals surface area (Å²) in [7, 11) is 1.27. The molecule has 1 aromatic carbocycles. The van der Waals surface area contributed by atoms with Crippen molar-refractivity contribution in [1.29, 1.82) is 0 Å². The number of nitrogens with zero attached hydrogens (tertiary/aromatic N) is 1. The molecule has 2 N–H and O–H groups in total. The van der Waals surface area contributed by atoms with Crippen LogP contribution in [-0.2, 0) is 14.4 Å². The lowest BCUT2D eigenvalue weighted by molar-refractivity contribution is -0.139. The highest BCUT2D eigenvalue weighted by molar-refractivity contribution is 14.1. The fourth-order valence-electron chi connectivity index (χ4n) is 1.85. The van der Waals surface area contributed by atoms with Crippen molar-refractivity contribution in [3.63, 3.8) is 0 Å². The van der Waals surface area contributed by atoms with E-state index in [-0.39, 0.29) is 5.57 Å². The van der Waals surface area contributed by atoms with E-state index in [1.54, 1.807) is 12.1 Å². The minimum Gasteiger partial charge on any atom is -0.480 e. The first-order chi connectivity index (χ1) is 11.2. The average molecular weight is 556 g/mol. The Labute approximate surface area is 163 Å². The predicted molar refractivity (Wildman–Crippen MR) is 99.3 cm³/mol. The topological polar surface area (TPSA) is 113 Å². The first kappa shape index (κ1) is 18.6. The van der Waals surface area contributed by atoms with Crippen molar-refractivity contribution < 1.29 is 29.0 Å². The highest BCUT2D eigenvalue weighted by atomic mass is 127. The van der Waals surface area contributed by atoms with Gasteiger partial charge in [0, 0.05) is 7.05 Å². The predicted octanol–water partition coefficient (Wildman–Crippen LogP) is 1.45. The van der Waals surface area contributed by atoms with Gasteiger partial charge in [-0.3, -0.25) is 19.8 Å². The number of benzene rings is 1. The number of rotatable bonds is 4. The molecule has 1 aromatic rings. The molecular weight excluding hydrogens is 546 g/mol. The van der Waals surface area contributed by atoms with Crippen molar-refractivity contribution >= 4 is 75.1 Å². The fraction of sp³-hybridized carbons (Fsp3) is 0.143. The Morgan fingerprint density at radius 1 is 1.29 bits per heavy atom. The molecule has 1 saturated heterocycles. The van der Waals surface area contributed by atoms with Gasteiger partial charge in [-0.15, -0.1) is 0 Å². The zero-order chi connectivity index (χ0) is 18.0. The number of urea groups is 1. The second-order valence-corrected chi connectivity index (χ2v) is 7.00. The van der Waals surface area contributed by atoms with Gasteiger partial charge in [0.05, 0.1) is 7.14 Å². The van der Waals surface area contributed by atoms with Crippen molar-refractivity contribution in [2.75, 3.05) is 13.7 Å². The van der Waals surface area contributed by atoms with Crippen LogP contribution in [-0.4, -0.2) is 47.5 Å². The first-order valence-electron chi connectivity index (χ1n) is 6.39. The molecule has 1 aliphatic rings. The number of hydrogen-bond donors (Lipinski definition) is 2. The molecule has 0 unspecified atom stereocenters. The number of imide groups is 2. The maximum Gasteiger partial charge on any atom is 0.341 e. The van der Waals surface area contributed by atoms with Crippen LogP contribution in [0, 0.1) is 7.14 Å². The Bertz CT molecular complexity index is 766. The maximum atomic E-state index is 12.0. The van der Waals surface area contributed by atoms with Gasteiger partial charge in [0.1, 0.15) is 11.3 Å². The number of carbonyl (C=O) groups is 4. The minimum absolute atomic E-state index is 0.164. The van der Waals surface area contributed by atoms with E-state index >= 15 is 0 Å². The molecule has 8 nitrogen and oxygen atoms in total.